The molecule has 0 bridgehead atoms. The highest BCUT2D eigenvalue weighted by Gasteiger charge is 2.32. The van der Waals surface area contributed by atoms with E-state index in [1.54, 1.807) is 0 Å². The molecule has 1 saturated heterocycles. The summed E-state index contributed by atoms with van der Waals surface area (Å²) in [5.74, 6) is 0. The third kappa shape index (κ3) is 4.57. The molecule has 1 unspecified atom stereocenters. The van der Waals surface area contributed by atoms with E-state index in [4.69, 9.17) is 9.84 Å². The molecule has 0 aromatic carbocycles. The highest BCUT2D eigenvalue weighted by atomic mass is 16.5. The Balaban J connectivity index is 2.42. The second kappa shape index (κ2) is 7.34. The molecule has 1 atom stereocenters. The topological polar surface area (TPSA) is 32.7 Å². The van der Waals surface area contributed by atoms with Gasteiger partial charge in [-0.05, 0) is 46.1 Å². The molecule has 102 valence electrons. The summed E-state index contributed by atoms with van der Waals surface area (Å²) in [6.45, 7) is 9.87. The summed E-state index contributed by atoms with van der Waals surface area (Å²) < 4.78 is 5.68. The van der Waals surface area contributed by atoms with Crippen molar-refractivity contribution in [2.24, 2.45) is 0 Å². The van der Waals surface area contributed by atoms with Gasteiger partial charge >= 0.3 is 0 Å². The largest absolute Gasteiger partial charge is 0.396 e. The van der Waals surface area contributed by atoms with Crippen LogP contribution in [0.2, 0.25) is 0 Å². The molecule has 0 saturated carbocycles. The van der Waals surface area contributed by atoms with E-state index in [0.29, 0.717) is 12.6 Å². The first kappa shape index (κ1) is 14.9. The van der Waals surface area contributed by atoms with Gasteiger partial charge in [-0.2, -0.15) is 0 Å². The Kier molecular flexibility index (Phi) is 6.45. The number of hydrogen-bond acceptors (Lipinski definition) is 3. The van der Waals surface area contributed by atoms with Gasteiger partial charge < -0.3 is 9.84 Å². The van der Waals surface area contributed by atoms with Crippen LogP contribution in [0.15, 0.2) is 0 Å². The van der Waals surface area contributed by atoms with Crippen molar-refractivity contribution in [3.63, 3.8) is 0 Å². The zero-order valence-electron chi connectivity index (χ0n) is 11.7. The lowest BCUT2D eigenvalue weighted by molar-refractivity contribution is -0.0160. The molecule has 0 radical (unpaired) electrons. The zero-order valence-corrected chi connectivity index (χ0v) is 11.7. The Hall–Kier alpha value is -0.120. The van der Waals surface area contributed by atoms with Gasteiger partial charge in [-0.3, -0.25) is 4.90 Å². The van der Waals surface area contributed by atoms with Crippen molar-refractivity contribution in [2.45, 2.75) is 64.5 Å². The van der Waals surface area contributed by atoms with Crippen LogP contribution in [0.25, 0.3) is 0 Å². The molecule has 0 aliphatic carbocycles. The van der Waals surface area contributed by atoms with Crippen molar-refractivity contribution >= 4 is 0 Å². The molecule has 0 aromatic rings. The predicted octanol–water partition coefficient (Wildman–Crippen LogP) is 2.43. The molecule has 1 heterocycles. The first-order valence-electron chi connectivity index (χ1n) is 7.07. The SMILES string of the molecule is CCC(C)(C)N1CCCCC1COCCCO. The number of aliphatic hydroxyl groups is 1. The van der Waals surface area contributed by atoms with E-state index < -0.39 is 0 Å². The van der Waals surface area contributed by atoms with Gasteiger partial charge in [-0.25, -0.2) is 0 Å². The lowest BCUT2D eigenvalue weighted by atomic mass is 9.91. The third-order valence-electron chi connectivity index (χ3n) is 4.03. The van der Waals surface area contributed by atoms with Crippen LogP contribution in [-0.4, -0.2) is 48.0 Å². The highest BCUT2D eigenvalue weighted by molar-refractivity contribution is 4.88. The molecule has 17 heavy (non-hydrogen) atoms. The fourth-order valence-electron chi connectivity index (χ4n) is 2.56. The molecular weight excluding hydrogens is 214 g/mol. The summed E-state index contributed by atoms with van der Waals surface area (Å²) in [5, 5.41) is 8.73. The molecule has 1 aliphatic rings. The van der Waals surface area contributed by atoms with Gasteiger partial charge in [0, 0.05) is 24.8 Å². The van der Waals surface area contributed by atoms with Crippen LogP contribution < -0.4 is 0 Å². The van der Waals surface area contributed by atoms with Crippen molar-refractivity contribution in [1.82, 2.24) is 4.90 Å². The van der Waals surface area contributed by atoms with Gasteiger partial charge in [0.25, 0.3) is 0 Å². The monoisotopic (exact) mass is 243 g/mol. The Morgan fingerprint density at radius 3 is 2.76 bits per heavy atom. The van der Waals surface area contributed by atoms with E-state index in [2.05, 4.69) is 25.7 Å². The van der Waals surface area contributed by atoms with Crippen LogP contribution >= 0.6 is 0 Å². The molecule has 1 aliphatic heterocycles. The van der Waals surface area contributed by atoms with E-state index in [1.807, 2.05) is 0 Å². The molecule has 1 N–H and O–H groups in total. The Morgan fingerprint density at radius 2 is 2.12 bits per heavy atom. The summed E-state index contributed by atoms with van der Waals surface area (Å²) in [6.07, 6.45) is 5.83. The number of ether oxygens (including phenoxy) is 1. The first-order valence-corrected chi connectivity index (χ1v) is 7.07. The van der Waals surface area contributed by atoms with Crippen LogP contribution in [0, 0.1) is 0 Å². The lowest BCUT2D eigenvalue weighted by Crippen LogP contribution is -2.53. The van der Waals surface area contributed by atoms with Crippen LogP contribution in [0.3, 0.4) is 0 Å². The normalized spacial score (nSPS) is 22.9. The van der Waals surface area contributed by atoms with Crippen molar-refractivity contribution in [3.8, 4) is 0 Å². The average Bonchev–Trinajstić information content (AvgIpc) is 2.35. The van der Waals surface area contributed by atoms with Gasteiger partial charge in [0.05, 0.1) is 6.61 Å². The number of likely N-dealkylation sites (tertiary alicyclic amines) is 1. The number of aliphatic hydroxyl groups excluding tert-OH is 1. The molecule has 3 heteroatoms. The summed E-state index contributed by atoms with van der Waals surface area (Å²) in [6, 6.07) is 0.567. The molecule has 0 amide bonds. The fourth-order valence-corrected chi connectivity index (χ4v) is 2.56. The van der Waals surface area contributed by atoms with E-state index >= 15 is 0 Å². The third-order valence-corrected chi connectivity index (χ3v) is 4.03. The van der Waals surface area contributed by atoms with Gasteiger partial charge in [-0.15, -0.1) is 0 Å². The summed E-state index contributed by atoms with van der Waals surface area (Å²) in [7, 11) is 0. The predicted molar refractivity (Wildman–Crippen MR) is 71.2 cm³/mol. The maximum Gasteiger partial charge on any atom is 0.0622 e. The van der Waals surface area contributed by atoms with Crippen molar-refractivity contribution < 1.29 is 9.84 Å². The number of piperidine rings is 1. The van der Waals surface area contributed by atoms with E-state index in [0.717, 1.165) is 13.0 Å². The Labute approximate surface area is 106 Å². The van der Waals surface area contributed by atoms with Crippen LogP contribution in [0.5, 0.6) is 0 Å². The quantitative estimate of drug-likeness (QED) is 0.697. The Morgan fingerprint density at radius 1 is 1.35 bits per heavy atom. The van der Waals surface area contributed by atoms with Crippen LogP contribution in [0.4, 0.5) is 0 Å². The minimum Gasteiger partial charge on any atom is -0.396 e. The minimum absolute atomic E-state index is 0.231. The maximum atomic E-state index is 8.73. The number of rotatable bonds is 7. The summed E-state index contributed by atoms with van der Waals surface area (Å²) >= 11 is 0. The van der Waals surface area contributed by atoms with Crippen molar-refractivity contribution in [2.75, 3.05) is 26.4 Å². The summed E-state index contributed by atoms with van der Waals surface area (Å²) in [4.78, 5) is 2.62. The first-order chi connectivity index (χ1) is 8.11. The van der Waals surface area contributed by atoms with Gasteiger partial charge in [0.2, 0.25) is 0 Å². The second-order valence-corrected chi connectivity index (χ2v) is 5.66. The molecule has 1 fully saturated rings. The molecular formula is C14H29NO2. The lowest BCUT2D eigenvalue weighted by Gasteiger charge is -2.46. The number of nitrogens with zero attached hydrogens (tertiary/aromatic N) is 1. The van der Waals surface area contributed by atoms with Gasteiger partial charge in [-0.1, -0.05) is 13.3 Å². The standard InChI is InChI=1S/C14H29NO2/c1-4-14(2,3)15-9-6-5-8-13(15)12-17-11-7-10-16/h13,16H,4-12H2,1-3H3. The number of hydrogen-bond donors (Lipinski definition) is 1. The minimum atomic E-state index is 0.231. The average molecular weight is 243 g/mol. The highest BCUT2D eigenvalue weighted by Crippen LogP contribution is 2.28. The Bertz CT molecular complexity index is 206. The molecule has 1 rings (SSSR count). The van der Waals surface area contributed by atoms with Gasteiger partial charge in [0.15, 0.2) is 0 Å². The smallest absolute Gasteiger partial charge is 0.0622 e. The van der Waals surface area contributed by atoms with Crippen molar-refractivity contribution in [1.29, 1.82) is 0 Å². The molecule has 0 aromatic heterocycles. The van der Waals surface area contributed by atoms with E-state index in [9.17, 15) is 0 Å². The summed E-state index contributed by atoms with van der Waals surface area (Å²) in [5.41, 5.74) is 0.283. The van der Waals surface area contributed by atoms with E-state index in [1.165, 1.54) is 32.2 Å². The van der Waals surface area contributed by atoms with Crippen LogP contribution in [-0.2, 0) is 4.74 Å². The van der Waals surface area contributed by atoms with Crippen LogP contribution in [0.1, 0.15) is 52.9 Å². The molecule has 3 nitrogen and oxygen atoms in total. The fraction of sp³-hybridized carbons (Fsp3) is 1.00. The van der Waals surface area contributed by atoms with Gasteiger partial charge in [0.1, 0.15) is 0 Å². The molecule has 0 spiro atoms. The van der Waals surface area contributed by atoms with Crippen molar-refractivity contribution in [3.05, 3.63) is 0 Å². The zero-order chi connectivity index (χ0) is 12.7. The second-order valence-electron chi connectivity index (χ2n) is 5.66. The van der Waals surface area contributed by atoms with E-state index in [-0.39, 0.29) is 12.1 Å². The maximum absolute atomic E-state index is 8.73.